The molecule has 21 heavy (non-hydrogen) atoms. The van der Waals surface area contributed by atoms with Gasteiger partial charge in [-0.3, -0.25) is 0 Å². The van der Waals surface area contributed by atoms with E-state index >= 15 is 0 Å². The molecule has 0 amide bonds. The van der Waals surface area contributed by atoms with E-state index in [4.69, 9.17) is 0 Å². The lowest BCUT2D eigenvalue weighted by atomic mass is 9.69. The van der Waals surface area contributed by atoms with Crippen LogP contribution in [-0.4, -0.2) is 16.8 Å². The van der Waals surface area contributed by atoms with Crippen molar-refractivity contribution in [1.82, 2.24) is 15.1 Å². The Balaban J connectivity index is 1.97. The van der Waals surface area contributed by atoms with Gasteiger partial charge in [-0.1, -0.05) is 44.4 Å². The SMILES string of the molecule is CNC(c1ccnn1-c1ccccc1)C1(C)CCCCC1. The van der Waals surface area contributed by atoms with Gasteiger partial charge in [0.2, 0.25) is 0 Å². The molecule has 1 N–H and O–H groups in total. The average molecular weight is 283 g/mol. The Morgan fingerprint density at radius 1 is 1.10 bits per heavy atom. The first-order valence-corrected chi connectivity index (χ1v) is 8.01. The second kappa shape index (κ2) is 6.02. The highest BCUT2D eigenvalue weighted by molar-refractivity contribution is 5.33. The number of nitrogens with one attached hydrogen (secondary N) is 1. The van der Waals surface area contributed by atoms with Gasteiger partial charge in [0.25, 0.3) is 0 Å². The summed E-state index contributed by atoms with van der Waals surface area (Å²) in [5, 5.41) is 8.12. The van der Waals surface area contributed by atoms with E-state index in [9.17, 15) is 0 Å². The summed E-state index contributed by atoms with van der Waals surface area (Å²) in [6.45, 7) is 2.43. The molecule has 1 fully saturated rings. The Kier molecular flexibility index (Phi) is 4.11. The molecular weight excluding hydrogens is 258 g/mol. The van der Waals surface area contributed by atoms with Crippen molar-refractivity contribution in [2.45, 2.75) is 45.1 Å². The molecule has 3 rings (SSSR count). The first-order valence-electron chi connectivity index (χ1n) is 8.01. The first kappa shape index (κ1) is 14.3. The van der Waals surface area contributed by atoms with E-state index < -0.39 is 0 Å². The molecule has 1 aliphatic rings. The van der Waals surface area contributed by atoms with Gasteiger partial charge in [-0.05, 0) is 43.5 Å². The van der Waals surface area contributed by atoms with Gasteiger partial charge >= 0.3 is 0 Å². The zero-order valence-electron chi connectivity index (χ0n) is 13.0. The molecule has 2 aromatic rings. The van der Waals surface area contributed by atoms with E-state index in [1.807, 2.05) is 12.3 Å². The van der Waals surface area contributed by atoms with E-state index in [1.165, 1.54) is 37.8 Å². The van der Waals surface area contributed by atoms with E-state index in [1.54, 1.807) is 0 Å². The predicted molar refractivity (Wildman–Crippen MR) is 86.6 cm³/mol. The Hall–Kier alpha value is -1.61. The van der Waals surface area contributed by atoms with Crippen molar-refractivity contribution in [1.29, 1.82) is 0 Å². The molecule has 1 aromatic carbocycles. The first-order chi connectivity index (χ1) is 10.2. The molecule has 0 bridgehead atoms. The van der Waals surface area contributed by atoms with Crippen LogP contribution in [0.3, 0.4) is 0 Å². The van der Waals surface area contributed by atoms with Crippen molar-refractivity contribution in [2.24, 2.45) is 5.41 Å². The molecule has 0 radical (unpaired) electrons. The van der Waals surface area contributed by atoms with Gasteiger partial charge in [-0.15, -0.1) is 0 Å². The highest BCUT2D eigenvalue weighted by Gasteiger charge is 2.37. The number of hydrogen-bond acceptors (Lipinski definition) is 2. The van der Waals surface area contributed by atoms with Gasteiger partial charge in [0.15, 0.2) is 0 Å². The Morgan fingerprint density at radius 3 is 2.48 bits per heavy atom. The minimum atomic E-state index is 0.319. The van der Waals surface area contributed by atoms with Crippen LogP contribution in [0.4, 0.5) is 0 Å². The molecule has 1 unspecified atom stereocenters. The van der Waals surface area contributed by atoms with E-state index in [0.29, 0.717) is 11.5 Å². The van der Waals surface area contributed by atoms with E-state index in [2.05, 4.69) is 59.4 Å². The van der Waals surface area contributed by atoms with Crippen LogP contribution in [0.15, 0.2) is 42.6 Å². The van der Waals surface area contributed by atoms with Crippen molar-refractivity contribution < 1.29 is 0 Å². The van der Waals surface area contributed by atoms with Gasteiger partial charge in [0, 0.05) is 6.20 Å². The highest BCUT2D eigenvalue weighted by atomic mass is 15.3. The molecule has 0 saturated heterocycles. The summed E-state index contributed by atoms with van der Waals surface area (Å²) in [4.78, 5) is 0. The molecule has 1 heterocycles. The summed E-state index contributed by atoms with van der Waals surface area (Å²) in [5.41, 5.74) is 2.73. The van der Waals surface area contributed by atoms with Crippen molar-refractivity contribution in [3.63, 3.8) is 0 Å². The second-order valence-corrected chi connectivity index (χ2v) is 6.44. The summed E-state index contributed by atoms with van der Waals surface area (Å²) < 4.78 is 2.08. The quantitative estimate of drug-likeness (QED) is 0.915. The lowest BCUT2D eigenvalue weighted by molar-refractivity contribution is 0.146. The highest BCUT2D eigenvalue weighted by Crippen LogP contribution is 2.45. The fourth-order valence-corrected chi connectivity index (χ4v) is 3.82. The maximum Gasteiger partial charge on any atom is 0.0649 e. The number of hydrogen-bond donors (Lipinski definition) is 1. The minimum Gasteiger partial charge on any atom is -0.311 e. The van der Waals surface area contributed by atoms with Gasteiger partial charge in [-0.2, -0.15) is 5.10 Å². The summed E-state index contributed by atoms with van der Waals surface area (Å²) in [5.74, 6) is 0. The zero-order chi connectivity index (χ0) is 14.7. The van der Waals surface area contributed by atoms with Crippen LogP contribution in [0.5, 0.6) is 0 Å². The van der Waals surface area contributed by atoms with Crippen molar-refractivity contribution in [2.75, 3.05) is 7.05 Å². The topological polar surface area (TPSA) is 29.9 Å². The lowest BCUT2D eigenvalue weighted by Gasteiger charge is -2.40. The van der Waals surface area contributed by atoms with Crippen LogP contribution in [0, 0.1) is 5.41 Å². The molecule has 0 spiro atoms. The van der Waals surface area contributed by atoms with Crippen LogP contribution in [0.25, 0.3) is 5.69 Å². The lowest BCUT2D eigenvalue weighted by Crippen LogP contribution is -2.37. The monoisotopic (exact) mass is 283 g/mol. The van der Waals surface area contributed by atoms with Crippen molar-refractivity contribution >= 4 is 0 Å². The van der Waals surface area contributed by atoms with Gasteiger partial charge in [0.1, 0.15) is 0 Å². The fraction of sp³-hybridized carbons (Fsp3) is 0.500. The summed E-state index contributed by atoms with van der Waals surface area (Å²) in [7, 11) is 2.08. The molecule has 0 aliphatic heterocycles. The maximum atomic E-state index is 4.56. The summed E-state index contributed by atoms with van der Waals surface area (Å²) >= 11 is 0. The molecule has 112 valence electrons. The number of benzene rings is 1. The Bertz CT molecular complexity index is 567. The molecule has 1 aromatic heterocycles. The maximum absolute atomic E-state index is 4.56. The molecule has 1 saturated carbocycles. The zero-order valence-corrected chi connectivity index (χ0v) is 13.0. The largest absolute Gasteiger partial charge is 0.311 e. The van der Waals surface area contributed by atoms with Crippen LogP contribution in [0.2, 0.25) is 0 Å². The third-order valence-corrected chi connectivity index (χ3v) is 4.95. The van der Waals surface area contributed by atoms with Crippen LogP contribution >= 0.6 is 0 Å². The molecule has 3 nitrogen and oxygen atoms in total. The summed E-state index contributed by atoms with van der Waals surface area (Å²) in [6, 6.07) is 12.9. The molecular formula is C18H25N3. The van der Waals surface area contributed by atoms with Gasteiger partial charge in [0.05, 0.1) is 17.4 Å². The van der Waals surface area contributed by atoms with Crippen molar-refractivity contribution in [3.8, 4) is 5.69 Å². The standard InChI is InChI=1S/C18H25N3/c1-18(12-7-4-8-13-18)17(19-2)16-11-14-20-21(16)15-9-5-3-6-10-15/h3,5-6,9-11,14,17,19H,4,7-8,12-13H2,1-2H3. The molecule has 3 heteroatoms. The number of para-hydroxylation sites is 1. The van der Waals surface area contributed by atoms with Gasteiger partial charge < -0.3 is 5.32 Å². The van der Waals surface area contributed by atoms with Gasteiger partial charge in [-0.25, -0.2) is 4.68 Å². The van der Waals surface area contributed by atoms with Crippen molar-refractivity contribution in [3.05, 3.63) is 48.3 Å². The number of nitrogens with zero attached hydrogens (tertiary/aromatic N) is 2. The molecule has 1 atom stereocenters. The third kappa shape index (κ3) is 2.75. The van der Waals surface area contributed by atoms with Crippen LogP contribution < -0.4 is 5.32 Å². The molecule has 1 aliphatic carbocycles. The number of aromatic nitrogens is 2. The van der Waals surface area contributed by atoms with Crippen LogP contribution in [0.1, 0.15) is 50.8 Å². The minimum absolute atomic E-state index is 0.319. The smallest absolute Gasteiger partial charge is 0.0649 e. The summed E-state index contributed by atoms with van der Waals surface area (Å²) in [6.07, 6.45) is 8.56. The number of rotatable bonds is 4. The average Bonchev–Trinajstić information content (AvgIpc) is 2.98. The van der Waals surface area contributed by atoms with Crippen LogP contribution in [-0.2, 0) is 0 Å². The Morgan fingerprint density at radius 2 is 1.81 bits per heavy atom. The van der Waals surface area contributed by atoms with E-state index in [-0.39, 0.29) is 0 Å². The predicted octanol–water partition coefficient (Wildman–Crippen LogP) is 4.10. The fourth-order valence-electron chi connectivity index (χ4n) is 3.82. The third-order valence-electron chi connectivity index (χ3n) is 4.95. The second-order valence-electron chi connectivity index (χ2n) is 6.44. The Labute approximate surface area is 127 Å². The normalized spacial score (nSPS) is 19.3. The van der Waals surface area contributed by atoms with E-state index in [0.717, 1.165) is 5.69 Å².